The molecular weight excluding hydrogens is 234 g/mol. The van der Waals surface area contributed by atoms with Gasteiger partial charge in [0.05, 0.1) is 5.69 Å². The lowest BCUT2D eigenvalue weighted by Crippen LogP contribution is -2.08. The summed E-state index contributed by atoms with van der Waals surface area (Å²) in [6, 6.07) is 8.68. The Kier molecular flexibility index (Phi) is 4.05. The van der Waals surface area contributed by atoms with E-state index in [1.807, 2.05) is 11.7 Å². The smallest absolute Gasteiger partial charge is 0.0728 e. The van der Waals surface area contributed by atoms with Crippen molar-refractivity contribution in [3.63, 3.8) is 0 Å². The number of nitrogens with zero attached hydrogens (tertiary/aromatic N) is 2. The Labute approximate surface area is 115 Å². The largest absolute Gasteiger partial charge is 0.324 e. The van der Waals surface area contributed by atoms with Crippen LogP contribution in [0.3, 0.4) is 0 Å². The molecule has 102 valence electrons. The highest BCUT2D eigenvalue weighted by Crippen LogP contribution is 2.29. The second kappa shape index (κ2) is 5.57. The van der Waals surface area contributed by atoms with Crippen molar-refractivity contribution in [3.8, 4) is 11.1 Å². The van der Waals surface area contributed by atoms with Crippen molar-refractivity contribution < 1.29 is 0 Å². The molecule has 1 heterocycles. The van der Waals surface area contributed by atoms with E-state index in [1.54, 1.807) is 0 Å². The second-order valence-electron chi connectivity index (χ2n) is 5.39. The van der Waals surface area contributed by atoms with Crippen LogP contribution in [0.4, 0.5) is 0 Å². The topological polar surface area (TPSA) is 43.8 Å². The molecular formula is C16H23N3. The first kappa shape index (κ1) is 13.8. The maximum Gasteiger partial charge on any atom is 0.0728 e. The van der Waals surface area contributed by atoms with Crippen molar-refractivity contribution in [2.24, 2.45) is 12.8 Å². The van der Waals surface area contributed by atoms with Gasteiger partial charge in [-0.25, -0.2) is 0 Å². The molecule has 2 N–H and O–H groups in total. The fraction of sp³-hybridized carbons (Fsp3) is 0.438. The van der Waals surface area contributed by atoms with Crippen LogP contribution in [0.15, 0.2) is 30.5 Å². The summed E-state index contributed by atoms with van der Waals surface area (Å²) in [4.78, 5) is 0. The minimum Gasteiger partial charge on any atom is -0.324 e. The Hall–Kier alpha value is -1.61. The Morgan fingerprint density at radius 3 is 2.37 bits per heavy atom. The van der Waals surface area contributed by atoms with E-state index in [0.717, 1.165) is 12.1 Å². The highest BCUT2D eigenvalue weighted by Gasteiger charge is 2.13. The molecule has 19 heavy (non-hydrogen) atoms. The molecule has 1 aromatic heterocycles. The number of hydrogen-bond donors (Lipinski definition) is 1. The Morgan fingerprint density at radius 1 is 1.21 bits per heavy atom. The van der Waals surface area contributed by atoms with Crippen molar-refractivity contribution in [3.05, 3.63) is 41.7 Å². The van der Waals surface area contributed by atoms with Crippen LogP contribution in [0.5, 0.6) is 0 Å². The van der Waals surface area contributed by atoms with Gasteiger partial charge in [0, 0.05) is 24.8 Å². The molecule has 0 fully saturated rings. The lowest BCUT2D eigenvalue weighted by molar-refractivity contribution is 0.699. The first-order chi connectivity index (χ1) is 9.02. The van der Waals surface area contributed by atoms with Gasteiger partial charge in [-0.15, -0.1) is 0 Å². The molecule has 0 aliphatic carbocycles. The van der Waals surface area contributed by atoms with Gasteiger partial charge in [-0.3, -0.25) is 4.68 Å². The maximum atomic E-state index is 6.05. The predicted molar refractivity (Wildman–Crippen MR) is 80.0 cm³/mol. The summed E-state index contributed by atoms with van der Waals surface area (Å²) in [5.41, 5.74) is 10.8. The molecule has 3 heteroatoms. The molecule has 0 spiro atoms. The Balaban J connectivity index is 2.37. The first-order valence-electron chi connectivity index (χ1n) is 6.92. The predicted octanol–water partition coefficient (Wildman–Crippen LogP) is 3.62. The van der Waals surface area contributed by atoms with Crippen LogP contribution in [0.25, 0.3) is 11.1 Å². The van der Waals surface area contributed by atoms with E-state index < -0.39 is 0 Å². The zero-order valence-corrected chi connectivity index (χ0v) is 12.2. The zero-order valence-electron chi connectivity index (χ0n) is 12.2. The molecule has 0 aliphatic heterocycles. The summed E-state index contributed by atoms with van der Waals surface area (Å²) < 4.78 is 1.89. The highest BCUT2D eigenvalue weighted by atomic mass is 15.3. The monoisotopic (exact) mass is 257 g/mol. The lowest BCUT2D eigenvalue weighted by atomic mass is 9.97. The number of aryl methyl sites for hydroxylation is 1. The molecule has 0 aliphatic rings. The fourth-order valence-corrected chi connectivity index (χ4v) is 2.30. The van der Waals surface area contributed by atoms with E-state index in [1.165, 1.54) is 16.7 Å². The Bertz CT molecular complexity index is 538. The van der Waals surface area contributed by atoms with Gasteiger partial charge in [0.2, 0.25) is 0 Å². The quantitative estimate of drug-likeness (QED) is 0.909. The van der Waals surface area contributed by atoms with Gasteiger partial charge in [0.15, 0.2) is 0 Å². The van der Waals surface area contributed by atoms with E-state index in [-0.39, 0.29) is 6.04 Å². The SMILES string of the molecule is CCC(N)c1ccc(-c2cn(C)nc2C(C)C)cc1. The van der Waals surface area contributed by atoms with E-state index in [4.69, 9.17) is 5.73 Å². The van der Waals surface area contributed by atoms with Crippen molar-refractivity contribution in [2.45, 2.75) is 39.2 Å². The van der Waals surface area contributed by atoms with Crippen molar-refractivity contribution in [1.29, 1.82) is 0 Å². The van der Waals surface area contributed by atoms with Gasteiger partial charge in [0.25, 0.3) is 0 Å². The summed E-state index contributed by atoms with van der Waals surface area (Å²) in [7, 11) is 1.97. The molecule has 1 unspecified atom stereocenters. The third kappa shape index (κ3) is 2.87. The van der Waals surface area contributed by atoms with E-state index in [9.17, 15) is 0 Å². The summed E-state index contributed by atoms with van der Waals surface area (Å²) in [6.07, 6.45) is 3.05. The highest BCUT2D eigenvalue weighted by molar-refractivity contribution is 5.66. The van der Waals surface area contributed by atoms with Crippen LogP contribution in [0, 0.1) is 0 Å². The molecule has 3 nitrogen and oxygen atoms in total. The molecule has 1 atom stereocenters. The average molecular weight is 257 g/mol. The van der Waals surface area contributed by atoms with Crippen LogP contribution in [0.2, 0.25) is 0 Å². The van der Waals surface area contributed by atoms with Gasteiger partial charge in [-0.1, -0.05) is 45.0 Å². The molecule has 0 radical (unpaired) electrons. The van der Waals surface area contributed by atoms with Crippen LogP contribution < -0.4 is 5.73 Å². The number of hydrogen-bond acceptors (Lipinski definition) is 2. The molecule has 0 saturated carbocycles. The standard InChI is InChI=1S/C16H23N3/c1-5-15(17)13-8-6-12(7-9-13)14-10-19(4)18-16(14)11(2)3/h6-11,15H,5,17H2,1-4H3. The summed E-state index contributed by atoms with van der Waals surface area (Å²) in [5, 5.41) is 4.55. The number of rotatable bonds is 4. The van der Waals surface area contributed by atoms with E-state index in [2.05, 4.69) is 56.3 Å². The molecule has 2 rings (SSSR count). The minimum absolute atomic E-state index is 0.132. The number of nitrogens with two attached hydrogens (primary N) is 1. The van der Waals surface area contributed by atoms with Gasteiger partial charge >= 0.3 is 0 Å². The van der Waals surface area contributed by atoms with Gasteiger partial charge in [-0.05, 0) is 23.5 Å². The molecule has 2 aromatic rings. The fourth-order valence-electron chi connectivity index (χ4n) is 2.30. The van der Waals surface area contributed by atoms with Gasteiger partial charge in [0.1, 0.15) is 0 Å². The maximum absolute atomic E-state index is 6.05. The third-order valence-corrected chi connectivity index (χ3v) is 3.49. The lowest BCUT2D eigenvalue weighted by Gasteiger charge is -2.10. The summed E-state index contributed by atoms with van der Waals surface area (Å²) in [5.74, 6) is 0.425. The number of benzene rings is 1. The van der Waals surface area contributed by atoms with Crippen LogP contribution in [0.1, 0.15) is 50.4 Å². The number of aromatic nitrogens is 2. The van der Waals surface area contributed by atoms with Crippen molar-refractivity contribution in [1.82, 2.24) is 9.78 Å². The second-order valence-corrected chi connectivity index (χ2v) is 5.39. The van der Waals surface area contributed by atoms with Crippen LogP contribution in [-0.2, 0) is 7.05 Å². The first-order valence-corrected chi connectivity index (χ1v) is 6.92. The third-order valence-electron chi connectivity index (χ3n) is 3.49. The molecule has 1 aromatic carbocycles. The minimum atomic E-state index is 0.132. The van der Waals surface area contributed by atoms with E-state index in [0.29, 0.717) is 5.92 Å². The molecule has 0 saturated heterocycles. The van der Waals surface area contributed by atoms with Crippen LogP contribution >= 0.6 is 0 Å². The van der Waals surface area contributed by atoms with Crippen LogP contribution in [-0.4, -0.2) is 9.78 Å². The van der Waals surface area contributed by atoms with Crippen molar-refractivity contribution in [2.75, 3.05) is 0 Å². The zero-order chi connectivity index (χ0) is 14.0. The normalized spacial score (nSPS) is 12.9. The Morgan fingerprint density at radius 2 is 1.84 bits per heavy atom. The van der Waals surface area contributed by atoms with E-state index >= 15 is 0 Å². The van der Waals surface area contributed by atoms with Gasteiger partial charge in [-0.2, -0.15) is 5.10 Å². The summed E-state index contributed by atoms with van der Waals surface area (Å²) in [6.45, 7) is 6.46. The average Bonchev–Trinajstić information content (AvgIpc) is 2.80. The molecule has 0 amide bonds. The summed E-state index contributed by atoms with van der Waals surface area (Å²) >= 11 is 0. The van der Waals surface area contributed by atoms with Crippen molar-refractivity contribution >= 4 is 0 Å². The van der Waals surface area contributed by atoms with Gasteiger partial charge < -0.3 is 5.73 Å². The molecule has 0 bridgehead atoms.